The fourth-order valence-electron chi connectivity index (χ4n) is 3.54. The van der Waals surface area contributed by atoms with Crippen molar-refractivity contribution >= 4 is 5.69 Å². The van der Waals surface area contributed by atoms with Crippen molar-refractivity contribution in [2.24, 2.45) is 0 Å². The molecule has 0 saturated heterocycles. The van der Waals surface area contributed by atoms with Gasteiger partial charge in [0.25, 0.3) is 0 Å². The molecule has 1 atom stereocenters. The van der Waals surface area contributed by atoms with Gasteiger partial charge in [0.2, 0.25) is 0 Å². The lowest BCUT2D eigenvalue weighted by Crippen LogP contribution is -2.41. The van der Waals surface area contributed by atoms with E-state index in [9.17, 15) is 35.8 Å². The Morgan fingerprint density at radius 1 is 0.811 bits per heavy atom. The van der Waals surface area contributed by atoms with E-state index in [0.717, 1.165) is 16.5 Å². The predicted molar refractivity (Wildman–Crippen MR) is 126 cm³/mol. The van der Waals surface area contributed by atoms with Crippen LogP contribution < -0.4 is 9.64 Å². The van der Waals surface area contributed by atoms with Crippen molar-refractivity contribution < 1.29 is 40.6 Å². The summed E-state index contributed by atoms with van der Waals surface area (Å²) in [5, 5.41) is 9.69. The Morgan fingerprint density at radius 2 is 1.43 bits per heavy atom. The molecule has 0 fully saturated rings. The Balaban J connectivity index is 1.93. The minimum absolute atomic E-state index is 0.145. The molecule has 0 radical (unpaired) electrons. The highest BCUT2D eigenvalue weighted by Gasteiger charge is 2.39. The molecule has 0 aromatic heterocycles. The molecule has 0 aliphatic heterocycles. The largest absolute Gasteiger partial charge is 0.457 e. The number of hydrogen-bond donors (Lipinski definition) is 1. The van der Waals surface area contributed by atoms with Crippen LogP contribution in [-0.4, -0.2) is 23.9 Å². The van der Waals surface area contributed by atoms with E-state index in [1.165, 1.54) is 18.2 Å². The van der Waals surface area contributed by atoms with Crippen LogP contribution in [0.15, 0.2) is 66.7 Å². The molecule has 3 nitrogen and oxygen atoms in total. The number of benzene rings is 3. The van der Waals surface area contributed by atoms with Gasteiger partial charge in [-0.25, -0.2) is 4.39 Å². The van der Waals surface area contributed by atoms with Gasteiger partial charge < -0.3 is 14.7 Å². The van der Waals surface area contributed by atoms with Gasteiger partial charge in [-0.1, -0.05) is 45.0 Å². The van der Waals surface area contributed by atoms with Gasteiger partial charge in [-0.2, -0.15) is 26.3 Å². The van der Waals surface area contributed by atoms with E-state index in [4.69, 9.17) is 4.74 Å². The summed E-state index contributed by atoms with van der Waals surface area (Å²) < 4.78 is 98.5. The highest BCUT2D eigenvalue weighted by molar-refractivity contribution is 5.52. The second-order valence-electron chi connectivity index (χ2n) is 9.62. The lowest BCUT2D eigenvalue weighted by molar-refractivity contribution is -0.200. The second-order valence-corrected chi connectivity index (χ2v) is 9.62. The molecular weight excluding hydrogens is 503 g/mol. The van der Waals surface area contributed by atoms with Gasteiger partial charge in [0.1, 0.15) is 17.3 Å². The SMILES string of the molecule is CC(C)(C)c1cccc(Oc2cccc(N(Cc3ccc(C(F)(F)F)cc3F)CC(O)C(F)(F)F)c2)c1. The Labute approximate surface area is 210 Å². The zero-order valence-corrected chi connectivity index (χ0v) is 20.3. The van der Waals surface area contributed by atoms with Crippen LogP contribution in [-0.2, 0) is 18.1 Å². The fraction of sp³-hybridized carbons (Fsp3) is 0.333. The van der Waals surface area contributed by atoms with E-state index in [-0.39, 0.29) is 28.5 Å². The zero-order chi connectivity index (χ0) is 27.6. The number of aliphatic hydroxyl groups excluding tert-OH is 1. The van der Waals surface area contributed by atoms with E-state index in [1.807, 2.05) is 32.9 Å². The zero-order valence-electron chi connectivity index (χ0n) is 20.3. The quantitative estimate of drug-likeness (QED) is 0.316. The lowest BCUT2D eigenvalue weighted by Gasteiger charge is -2.29. The molecule has 200 valence electrons. The topological polar surface area (TPSA) is 32.7 Å². The van der Waals surface area contributed by atoms with Crippen molar-refractivity contribution in [2.75, 3.05) is 11.4 Å². The van der Waals surface area contributed by atoms with Crippen molar-refractivity contribution in [2.45, 2.75) is 51.2 Å². The molecule has 3 rings (SSSR count). The Morgan fingerprint density at radius 3 is 2.00 bits per heavy atom. The van der Waals surface area contributed by atoms with Crippen LogP contribution in [0.3, 0.4) is 0 Å². The summed E-state index contributed by atoms with van der Waals surface area (Å²) in [5.41, 5.74) is -0.506. The molecule has 0 amide bonds. The monoisotopic (exact) mass is 529 g/mol. The minimum atomic E-state index is -4.96. The molecule has 0 spiro atoms. The number of nitrogens with zero attached hydrogens (tertiary/aromatic N) is 1. The summed E-state index contributed by atoms with van der Waals surface area (Å²) in [6.07, 6.45) is -12.5. The average molecular weight is 529 g/mol. The van der Waals surface area contributed by atoms with Crippen LogP contribution in [0.4, 0.5) is 36.4 Å². The summed E-state index contributed by atoms with van der Waals surface area (Å²) in [4.78, 5) is 1.03. The normalized spacial score (nSPS) is 13.4. The minimum Gasteiger partial charge on any atom is -0.457 e. The third-order valence-electron chi connectivity index (χ3n) is 5.63. The predicted octanol–water partition coefficient (Wildman–Crippen LogP) is 7.86. The van der Waals surface area contributed by atoms with Crippen LogP contribution in [0.2, 0.25) is 0 Å². The number of rotatable bonds is 7. The molecule has 0 saturated carbocycles. The van der Waals surface area contributed by atoms with Gasteiger partial charge in [0, 0.05) is 23.9 Å². The van der Waals surface area contributed by atoms with Gasteiger partial charge in [-0.05, 0) is 47.4 Å². The van der Waals surface area contributed by atoms with Gasteiger partial charge in [-0.3, -0.25) is 0 Å². The van der Waals surface area contributed by atoms with Gasteiger partial charge in [-0.15, -0.1) is 0 Å². The third kappa shape index (κ3) is 7.61. The number of hydrogen-bond acceptors (Lipinski definition) is 3. The molecule has 3 aromatic rings. The summed E-state index contributed by atoms with van der Waals surface area (Å²) in [6, 6.07) is 15.0. The highest BCUT2D eigenvalue weighted by Crippen LogP contribution is 2.33. The maximum Gasteiger partial charge on any atom is 0.416 e. The molecule has 0 aliphatic rings. The molecule has 0 heterocycles. The smallest absolute Gasteiger partial charge is 0.416 e. The number of ether oxygens (including phenoxy) is 1. The standard InChI is InChI=1S/C27H26F7NO2/c1-25(2,3)18-6-4-8-21(12-18)37-22-9-5-7-20(14-22)35(16-24(36)27(32,33)34)15-17-10-11-19(13-23(17)28)26(29,30)31/h4-14,24,36H,15-16H2,1-3H3. The number of aliphatic hydroxyl groups is 1. The van der Waals surface area contributed by atoms with Crippen molar-refractivity contribution in [1.82, 2.24) is 0 Å². The van der Waals surface area contributed by atoms with E-state index in [1.54, 1.807) is 18.2 Å². The molecule has 37 heavy (non-hydrogen) atoms. The van der Waals surface area contributed by atoms with Crippen LogP contribution in [0.25, 0.3) is 0 Å². The first-order valence-corrected chi connectivity index (χ1v) is 11.3. The van der Waals surface area contributed by atoms with E-state index in [2.05, 4.69) is 0 Å². The molecule has 0 aliphatic carbocycles. The molecule has 1 N–H and O–H groups in total. The molecular formula is C27H26F7NO2. The van der Waals surface area contributed by atoms with Gasteiger partial charge >= 0.3 is 12.4 Å². The summed E-state index contributed by atoms with van der Waals surface area (Å²) in [6.45, 7) is 4.57. The first kappa shape index (κ1) is 28.3. The van der Waals surface area contributed by atoms with Gasteiger partial charge in [0.15, 0.2) is 6.10 Å². The molecule has 1 unspecified atom stereocenters. The number of alkyl halides is 6. The first-order chi connectivity index (χ1) is 17.0. The Hall–Kier alpha value is -3.27. The van der Waals surface area contributed by atoms with Crippen LogP contribution >= 0.6 is 0 Å². The second kappa shape index (κ2) is 10.6. The first-order valence-electron chi connectivity index (χ1n) is 11.3. The Kier molecular flexibility index (Phi) is 8.12. The fourth-order valence-corrected chi connectivity index (χ4v) is 3.54. The summed E-state index contributed by atoms with van der Waals surface area (Å²) >= 11 is 0. The van der Waals surface area contributed by atoms with Gasteiger partial charge in [0.05, 0.1) is 12.1 Å². The highest BCUT2D eigenvalue weighted by atomic mass is 19.4. The Bertz CT molecular complexity index is 1220. The van der Waals surface area contributed by atoms with E-state index in [0.29, 0.717) is 11.8 Å². The molecule has 3 aromatic carbocycles. The van der Waals surface area contributed by atoms with Crippen molar-refractivity contribution in [3.8, 4) is 11.5 Å². The molecule has 0 bridgehead atoms. The maximum absolute atomic E-state index is 14.5. The van der Waals surface area contributed by atoms with E-state index < -0.39 is 42.9 Å². The van der Waals surface area contributed by atoms with E-state index >= 15 is 0 Å². The maximum atomic E-state index is 14.5. The summed E-state index contributed by atoms with van der Waals surface area (Å²) in [5.74, 6) is -0.476. The summed E-state index contributed by atoms with van der Waals surface area (Å²) in [7, 11) is 0. The van der Waals surface area contributed by atoms with Crippen molar-refractivity contribution in [1.29, 1.82) is 0 Å². The van der Waals surface area contributed by atoms with Crippen molar-refractivity contribution in [3.63, 3.8) is 0 Å². The third-order valence-corrected chi connectivity index (χ3v) is 5.63. The number of anilines is 1. The van der Waals surface area contributed by atoms with Crippen LogP contribution in [0.5, 0.6) is 11.5 Å². The van der Waals surface area contributed by atoms with Crippen LogP contribution in [0, 0.1) is 5.82 Å². The van der Waals surface area contributed by atoms with Crippen LogP contribution in [0.1, 0.15) is 37.5 Å². The number of halogens is 7. The lowest BCUT2D eigenvalue weighted by atomic mass is 9.87. The average Bonchev–Trinajstić information content (AvgIpc) is 2.78. The van der Waals surface area contributed by atoms with Crippen molar-refractivity contribution in [3.05, 3.63) is 89.2 Å². The molecule has 10 heteroatoms.